The summed E-state index contributed by atoms with van der Waals surface area (Å²) in [7, 11) is 0. The Hall–Kier alpha value is -3.72. The number of aromatic carboxylic acids is 2. The molecule has 0 spiro atoms. The Bertz CT molecular complexity index is 1120. The third kappa shape index (κ3) is 4.25. The Morgan fingerprint density at radius 2 is 1.69 bits per heavy atom. The number of hydrazone groups is 1. The SMILES string of the molecule is Cc1ccc(C)n1-c1cc(C(=O)N/N=C\c2ccc(C(=O)O)s2)ccc1C(=O)O. The van der Waals surface area contributed by atoms with Crippen molar-refractivity contribution in [1.82, 2.24) is 9.99 Å². The minimum absolute atomic E-state index is 0.0761. The number of hydrogen-bond acceptors (Lipinski definition) is 5. The van der Waals surface area contributed by atoms with Gasteiger partial charge in [-0.1, -0.05) is 0 Å². The van der Waals surface area contributed by atoms with E-state index in [9.17, 15) is 19.5 Å². The summed E-state index contributed by atoms with van der Waals surface area (Å²) in [5.74, 6) is -2.64. The third-order valence-electron chi connectivity index (χ3n) is 4.20. The van der Waals surface area contributed by atoms with E-state index in [1.54, 1.807) is 10.6 Å². The lowest BCUT2D eigenvalue weighted by Crippen LogP contribution is -2.19. The molecule has 3 N–H and O–H groups in total. The first-order valence-corrected chi connectivity index (χ1v) is 9.29. The van der Waals surface area contributed by atoms with Gasteiger partial charge in [-0.25, -0.2) is 15.0 Å². The summed E-state index contributed by atoms with van der Waals surface area (Å²) >= 11 is 1.03. The van der Waals surface area contributed by atoms with Crippen LogP contribution in [0.4, 0.5) is 0 Å². The predicted octanol–water partition coefficient (Wildman–Crippen LogP) is 3.32. The van der Waals surface area contributed by atoms with Crippen LogP contribution in [0.1, 0.15) is 46.7 Å². The fourth-order valence-corrected chi connectivity index (χ4v) is 3.56. The van der Waals surface area contributed by atoms with Crippen molar-refractivity contribution in [2.75, 3.05) is 0 Å². The summed E-state index contributed by atoms with van der Waals surface area (Å²) in [5, 5.41) is 22.3. The summed E-state index contributed by atoms with van der Waals surface area (Å²) < 4.78 is 1.77. The van der Waals surface area contributed by atoms with Gasteiger partial charge in [0.15, 0.2) is 0 Å². The summed E-state index contributed by atoms with van der Waals surface area (Å²) in [4.78, 5) is 35.7. The van der Waals surface area contributed by atoms with Crippen LogP contribution in [-0.2, 0) is 0 Å². The number of nitrogens with one attached hydrogen (secondary N) is 1. The summed E-state index contributed by atoms with van der Waals surface area (Å²) in [5.41, 5.74) is 4.76. The molecule has 0 aliphatic rings. The summed E-state index contributed by atoms with van der Waals surface area (Å²) in [6.07, 6.45) is 1.35. The van der Waals surface area contributed by atoms with Gasteiger partial charge < -0.3 is 14.8 Å². The van der Waals surface area contributed by atoms with E-state index < -0.39 is 17.8 Å². The van der Waals surface area contributed by atoms with E-state index in [-0.39, 0.29) is 16.0 Å². The van der Waals surface area contributed by atoms with Crippen molar-refractivity contribution in [3.63, 3.8) is 0 Å². The lowest BCUT2D eigenvalue weighted by atomic mass is 10.1. The van der Waals surface area contributed by atoms with Gasteiger partial charge in [-0.3, -0.25) is 4.79 Å². The number of benzene rings is 1. The van der Waals surface area contributed by atoms with Crippen LogP contribution in [0.5, 0.6) is 0 Å². The first kappa shape index (κ1) is 20.0. The number of carboxylic acid groups (broad SMARTS) is 2. The first-order chi connectivity index (χ1) is 13.8. The molecule has 1 aromatic carbocycles. The molecule has 0 aliphatic carbocycles. The van der Waals surface area contributed by atoms with Gasteiger partial charge in [0.25, 0.3) is 5.91 Å². The highest BCUT2D eigenvalue weighted by atomic mass is 32.1. The van der Waals surface area contributed by atoms with Gasteiger partial charge in [-0.2, -0.15) is 5.10 Å². The molecular weight excluding hydrogens is 394 g/mol. The minimum Gasteiger partial charge on any atom is -0.478 e. The number of hydrogen-bond donors (Lipinski definition) is 3. The Balaban J connectivity index is 1.85. The van der Waals surface area contributed by atoms with Crippen LogP contribution in [0, 0.1) is 13.8 Å². The van der Waals surface area contributed by atoms with Crippen molar-refractivity contribution in [1.29, 1.82) is 0 Å². The number of rotatable bonds is 6. The maximum atomic E-state index is 12.4. The van der Waals surface area contributed by atoms with Gasteiger partial charge in [0, 0.05) is 21.8 Å². The quantitative estimate of drug-likeness (QED) is 0.424. The molecule has 0 radical (unpaired) electrons. The smallest absolute Gasteiger partial charge is 0.345 e. The van der Waals surface area contributed by atoms with Crippen LogP contribution in [0.2, 0.25) is 0 Å². The Labute approximate surface area is 169 Å². The van der Waals surface area contributed by atoms with Gasteiger partial charge in [-0.05, 0) is 56.3 Å². The van der Waals surface area contributed by atoms with E-state index in [0.717, 1.165) is 22.7 Å². The average molecular weight is 411 g/mol. The number of aromatic nitrogens is 1. The van der Waals surface area contributed by atoms with Crippen LogP contribution in [0.25, 0.3) is 5.69 Å². The largest absolute Gasteiger partial charge is 0.478 e. The highest BCUT2D eigenvalue weighted by molar-refractivity contribution is 7.15. The second-order valence-electron chi connectivity index (χ2n) is 6.19. The van der Waals surface area contributed by atoms with Crippen molar-refractivity contribution in [2.24, 2.45) is 5.10 Å². The van der Waals surface area contributed by atoms with Crippen LogP contribution in [0.3, 0.4) is 0 Å². The molecule has 0 fully saturated rings. The summed E-state index contributed by atoms with van der Waals surface area (Å²) in [6.45, 7) is 3.70. The van der Waals surface area contributed by atoms with Crippen molar-refractivity contribution >= 4 is 35.4 Å². The van der Waals surface area contributed by atoms with Crippen molar-refractivity contribution in [3.05, 3.63) is 74.7 Å². The fourth-order valence-electron chi connectivity index (χ4n) is 2.84. The molecular formula is C20H17N3O5S. The zero-order chi connectivity index (χ0) is 21.1. The number of thiophene rings is 1. The van der Waals surface area contributed by atoms with Gasteiger partial charge >= 0.3 is 11.9 Å². The zero-order valence-corrected chi connectivity index (χ0v) is 16.4. The molecule has 2 aromatic heterocycles. The fraction of sp³-hybridized carbons (Fsp3) is 0.100. The monoisotopic (exact) mass is 411 g/mol. The lowest BCUT2D eigenvalue weighted by molar-refractivity contribution is 0.0688. The average Bonchev–Trinajstić information content (AvgIpc) is 3.28. The molecule has 29 heavy (non-hydrogen) atoms. The Kier molecular flexibility index (Phi) is 5.60. The maximum Gasteiger partial charge on any atom is 0.345 e. The van der Waals surface area contributed by atoms with Crippen molar-refractivity contribution in [2.45, 2.75) is 13.8 Å². The summed E-state index contributed by atoms with van der Waals surface area (Å²) in [6, 6.07) is 11.1. The molecule has 0 saturated heterocycles. The minimum atomic E-state index is -1.09. The van der Waals surface area contributed by atoms with Gasteiger partial charge in [0.05, 0.1) is 17.5 Å². The molecule has 0 bridgehead atoms. The number of amides is 1. The van der Waals surface area contributed by atoms with Crippen LogP contribution in [0.15, 0.2) is 47.6 Å². The molecule has 0 atom stereocenters. The molecule has 0 aliphatic heterocycles. The number of aryl methyl sites for hydroxylation is 2. The normalized spacial score (nSPS) is 11.0. The maximum absolute atomic E-state index is 12.4. The molecule has 148 valence electrons. The van der Waals surface area contributed by atoms with Crippen LogP contribution < -0.4 is 5.43 Å². The standard InChI is InChI=1S/C20H17N3O5S/c1-11-3-4-12(2)23(11)16-9-13(5-7-15(16)19(25)26)18(24)22-21-10-14-6-8-17(29-14)20(27)28/h3-10H,1-2H3,(H,22,24)(H,25,26)(H,27,28)/b21-10-. The van der Waals surface area contributed by atoms with E-state index in [4.69, 9.17) is 5.11 Å². The van der Waals surface area contributed by atoms with Gasteiger partial charge in [0.1, 0.15) is 4.88 Å². The zero-order valence-electron chi connectivity index (χ0n) is 15.5. The van der Waals surface area contributed by atoms with E-state index in [1.165, 1.54) is 30.5 Å². The van der Waals surface area contributed by atoms with Crippen LogP contribution in [-0.4, -0.2) is 38.8 Å². The van der Waals surface area contributed by atoms with E-state index >= 15 is 0 Å². The molecule has 3 aromatic rings. The molecule has 0 saturated carbocycles. The predicted molar refractivity (Wildman–Crippen MR) is 109 cm³/mol. The topological polar surface area (TPSA) is 121 Å². The molecule has 9 heteroatoms. The number of nitrogens with zero attached hydrogens (tertiary/aromatic N) is 2. The van der Waals surface area contributed by atoms with Gasteiger partial charge in [0.2, 0.25) is 0 Å². The number of carboxylic acids is 2. The Morgan fingerprint density at radius 1 is 1.00 bits per heavy atom. The number of carbonyl (C=O) groups is 3. The Morgan fingerprint density at radius 3 is 2.28 bits per heavy atom. The molecule has 1 amide bonds. The first-order valence-electron chi connectivity index (χ1n) is 8.47. The second kappa shape index (κ2) is 8.11. The van der Waals surface area contributed by atoms with Crippen LogP contribution >= 0.6 is 11.3 Å². The molecule has 3 rings (SSSR count). The van der Waals surface area contributed by atoms with E-state index in [1.807, 2.05) is 26.0 Å². The third-order valence-corrected chi connectivity index (χ3v) is 5.21. The molecule has 2 heterocycles. The van der Waals surface area contributed by atoms with Crippen molar-refractivity contribution < 1.29 is 24.6 Å². The number of carbonyl (C=O) groups excluding carboxylic acids is 1. The lowest BCUT2D eigenvalue weighted by Gasteiger charge is -2.14. The highest BCUT2D eigenvalue weighted by Gasteiger charge is 2.17. The van der Waals surface area contributed by atoms with Gasteiger partial charge in [-0.15, -0.1) is 11.3 Å². The second-order valence-corrected chi connectivity index (χ2v) is 7.31. The molecule has 8 nitrogen and oxygen atoms in total. The highest BCUT2D eigenvalue weighted by Crippen LogP contribution is 2.22. The molecule has 0 unspecified atom stereocenters. The van der Waals surface area contributed by atoms with E-state index in [0.29, 0.717) is 10.6 Å². The van der Waals surface area contributed by atoms with Crippen molar-refractivity contribution in [3.8, 4) is 5.69 Å². The van der Waals surface area contributed by atoms with E-state index in [2.05, 4.69) is 10.5 Å².